The van der Waals surface area contributed by atoms with E-state index in [2.05, 4.69) is 49.6 Å². The van der Waals surface area contributed by atoms with Gasteiger partial charge in [0.05, 0.1) is 12.3 Å². The van der Waals surface area contributed by atoms with E-state index < -0.39 is 0 Å². The number of thiophene rings is 1. The molecule has 0 aliphatic heterocycles. The summed E-state index contributed by atoms with van der Waals surface area (Å²) in [6.45, 7) is 6.84. The first-order valence-corrected chi connectivity index (χ1v) is 10.4. The fourth-order valence-corrected chi connectivity index (χ4v) is 4.25. The third-order valence-electron chi connectivity index (χ3n) is 5.07. The van der Waals surface area contributed by atoms with Crippen LogP contribution in [0.3, 0.4) is 0 Å². The molecular formula is C23H27NO2S. The van der Waals surface area contributed by atoms with Crippen LogP contribution in [0.4, 0.5) is 0 Å². The van der Waals surface area contributed by atoms with E-state index in [1.54, 1.807) is 17.6 Å². The van der Waals surface area contributed by atoms with Gasteiger partial charge in [0.15, 0.2) is 0 Å². The first kappa shape index (κ1) is 19.4. The summed E-state index contributed by atoms with van der Waals surface area (Å²) in [5, 5.41) is 2.07. The molecule has 2 unspecified atom stereocenters. The number of rotatable bonds is 8. The van der Waals surface area contributed by atoms with Crippen molar-refractivity contribution in [1.29, 1.82) is 0 Å². The van der Waals surface area contributed by atoms with Gasteiger partial charge < -0.3 is 9.32 Å². The molecule has 4 heteroatoms. The Morgan fingerprint density at radius 1 is 1.15 bits per heavy atom. The minimum Gasteiger partial charge on any atom is -0.469 e. The zero-order chi connectivity index (χ0) is 19.2. The Morgan fingerprint density at radius 2 is 1.93 bits per heavy atom. The molecule has 3 nitrogen and oxygen atoms in total. The van der Waals surface area contributed by atoms with Crippen LogP contribution in [0.1, 0.15) is 60.4 Å². The Balaban J connectivity index is 1.81. The average molecular weight is 382 g/mol. The van der Waals surface area contributed by atoms with Crippen LogP contribution in [0.25, 0.3) is 0 Å². The number of amides is 1. The van der Waals surface area contributed by atoms with Crippen molar-refractivity contribution in [2.24, 2.45) is 0 Å². The molecule has 0 spiro atoms. The lowest BCUT2D eigenvalue weighted by molar-refractivity contribution is -0.133. The summed E-state index contributed by atoms with van der Waals surface area (Å²) in [5.41, 5.74) is 2.47. The molecule has 3 aromatic rings. The molecule has 2 atom stereocenters. The summed E-state index contributed by atoms with van der Waals surface area (Å²) in [6.07, 6.45) is 3.07. The smallest absolute Gasteiger partial charge is 0.222 e. The Kier molecular flexibility index (Phi) is 6.51. The molecule has 0 radical (unpaired) electrons. The Morgan fingerprint density at radius 3 is 2.52 bits per heavy atom. The fraction of sp³-hybridized carbons (Fsp3) is 0.348. The molecule has 0 saturated carbocycles. The van der Waals surface area contributed by atoms with E-state index in [4.69, 9.17) is 4.42 Å². The number of benzene rings is 1. The van der Waals surface area contributed by atoms with E-state index >= 15 is 0 Å². The maximum Gasteiger partial charge on any atom is 0.222 e. The lowest BCUT2D eigenvalue weighted by atomic mass is 9.92. The summed E-state index contributed by atoms with van der Waals surface area (Å²) < 4.78 is 5.73. The van der Waals surface area contributed by atoms with Gasteiger partial charge >= 0.3 is 0 Å². The molecule has 0 aliphatic rings. The summed E-state index contributed by atoms with van der Waals surface area (Å²) >= 11 is 1.70. The van der Waals surface area contributed by atoms with Gasteiger partial charge in [-0.25, -0.2) is 0 Å². The summed E-state index contributed by atoms with van der Waals surface area (Å²) in [5.74, 6) is 1.29. The molecular weight excluding hydrogens is 354 g/mol. The van der Waals surface area contributed by atoms with E-state index in [-0.39, 0.29) is 17.9 Å². The van der Waals surface area contributed by atoms with Crippen LogP contribution in [0.15, 0.2) is 64.6 Å². The minimum absolute atomic E-state index is 0.0905. The van der Waals surface area contributed by atoms with Gasteiger partial charge in [-0.2, -0.15) is 0 Å². The monoisotopic (exact) mass is 381 g/mol. The molecule has 2 aromatic heterocycles. The molecule has 0 N–H and O–H groups in total. The summed E-state index contributed by atoms with van der Waals surface area (Å²) in [6, 6.07) is 16.8. The predicted molar refractivity (Wildman–Crippen MR) is 111 cm³/mol. The molecule has 142 valence electrons. The highest BCUT2D eigenvalue weighted by molar-refractivity contribution is 7.10. The molecule has 27 heavy (non-hydrogen) atoms. The van der Waals surface area contributed by atoms with Crippen LogP contribution in [0.2, 0.25) is 0 Å². The third-order valence-corrected chi connectivity index (χ3v) is 6.11. The SMILES string of the molecule is CCC(=O)N(CCC(c1ccc(C)cc1)c1ccco1)C(C)c1cccs1. The number of hydrogen-bond acceptors (Lipinski definition) is 3. The fourth-order valence-electron chi connectivity index (χ4n) is 3.45. The van der Waals surface area contributed by atoms with Gasteiger partial charge in [0.2, 0.25) is 5.91 Å². The van der Waals surface area contributed by atoms with Crippen LogP contribution in [-0.2, 0) is 4.79 Å². The summed E-state index contributed by atoms with van der Waals surface area (Å²) in [4.78, 5) is 15.9. The van der Waals surface area contributed by atoms with Crippen molar-refractivity contribution in [3.05, 3.63) is 81.9 Å². The van der Waals surface area contributed by atoms with Crippen molar-refractivity contribution < 1.29 is 9.21 Å². The Hall–Kier alpha value is -2.33. The van der Waals surface area contributed by atoms with Crippen molar-refractivity contribution in [1.82, 2.24) is 4.90 Å². The van der Waals surface area contributed by atoms with Gasteiger partial charge in [-0.05, 0) is 49.4 Å². The largest absolute Gasteiger partial charge is 0.469 e. The van der Waals surface area contributed by atoms with Gasteiger partial charge in [-0.1, -0.05) is 42.8 Å². The number of aryl methyl sites for hydroxylation is 1. The van der Waals surface area contributed by atoms with Gasteiger partial charge in [0.1, 0.15) is 5.76 Å². The molecule has 3 rings (SSSR count). The second-order valence-electron chi connectivity index (χ2n) is 6.90. The van der Waals surface area contributed by atoms with E-state index in [0.29, 0.717) is 13.0 Å². The zero-order valence-electron chi connectivity index (χ0n) is 16.2. The maximum absolute atomic E-state index is 12.6. The Labute approximate surface area is 165 Å². The maximum atomic E-state index is 12.6. The van der Waals surface area contributed by atoms with E-state index in [1.807, 2.05) is 30.0 Å². The van der Waals surface area contributed by atoms with Gasteiger partial charge in [0.25, 0.3) is 0 Å². The molecule has 1 amide bonds. The molecule has 2 heterocycles. The second-order valence-corrected chi connectivity index (χ2v) is 7.88. The lowest BCUT2D eigenvalue weighted by Gasteiger charge is -2.30. The van der Waals surface area contributed by atoms with Crippen LogP contribution >= 0.6 is 11.3 Å². The first-order chi connectivity index (χ1) is 13.1. The number of nitrogens with zero attached hydrogens (tertiary/aromatic N) is 1. The number of hydrogen-bond donors (Lipinski definition) is 0. The van der Waals surface area contributed by atoms with E-state index in [9.17, 15) is 4.79 Å². The topological polar surface area (TPSA) is 33.5 Å². The van der Waals surface area contributed by atoms with Crippen LogP contribution in [0, 0.1) is 6.92 Å². The van der Waals surface area contributed by atoms with Crippen molar-refractivity contribution in [2.75, 3.05) is 6.54 Å². The van der Waals surface area contributed by atoms with Crippen molar-refractivity contribution >= 4 is 17.2 Å². The molecule has 0 bridgehead atoms. The van der Waals surface area contributed by atoms with E-state index in [0.717, 1.165) is 12.2 Å². The molecule has 0 aliphatic carbocycles. The second kappa shape index (κ2) is 9.05. The van der Waals surface area contributed by atoms with Gasteiger partial charge in [-0.3, -0.25) is 4.79 Å². The van der Waals surface area contributed by atoms with Gasteiger partial charge in [-0.15, -0.1) is 11.3 Å². The average Bonchev–Trinajstić information content (AvgIpc) is 3.39. The third kappa shape index (κ3) is 4.69. The van der Waals surface area contributed by atoms with Crippen molar-refractivity contribution in [2.45, 2.75) is 45.6 Å². The van der Waals surface area contributed by atoms with Gasteiger partial charge in [0, 0.05) is 23.8 Å². The number of furan rings is 1. The van der Waals surface area contributed by atoms with Crippen LogP contribution in [0.5, 0.6) is 0 Å². The highest BCUT2D eigenvalue weighted by atomic mass is 32.1. The molecule has 1 aromatic carbocycles. The highest BCUT2D eigenvalue weighted by Gasteiger charge is 2.24. The zero-order valence-corrected chi connectivity index (χ0v) is 17.0. The minimum atomic E-state index is 0.0905. The standard InChI is InChI=1S/C23H27NO2S/c1-4-23(25)24(18(3)22-8-6-16-27-22)14-13-20(21-7-5-15-26-21)19-11-9-17(2)10-12-19/h5-12,15-16,18,20H,4,13-14H2,1-3H3. The van der Waals surface area contributed by atoms with E-state index in [1.165, 1.54) is 16.0 Å². The lowest BCUT2D eigenvalue weighted by Crippen LogP contribution is -2.34. The number of carbonyl (C=O) groups excluding carboxylic acids is 1. The number of carbonyl (C=O) groups is 1. The molecule has 0 fully saturated rings. The van der Waals surface area contributed by atoms with Crippen LogP contribution in [-0.4, -0.2) is 17.4 Å². The van der Waals surface area contributed by atoms with Crippen molar-refractivity contribution in [3.63, 3.8) is 0 Å². The quantitative estimate of drug-likeness (QED) is 0.467. The summed E-state index contributed by atoms with van der Waals surface area (Å²) in [7, 11) is 0. The van der Waals surface area contributed by atoms with Crippen molar-refractivity contribution in [3.8, 4) is 0 Å². The molecule has 0 saturated heterocycles. The highest BCUT2D eigenvalue weighted by Crippen LogP contribution is 2.31. The Bertz CT molecular complexity index is 822. The predicted octanol–water partition coefficient (Wildman–Crippen LogP) is 6.17. The van der Waals surface area contributed by atoms with Crippen LogP contribution < -0.4 is 0 Å². The first-order valence-electron chi connectivity index (χ1n) is 9.53. The normalized spacial score (nSPS) is 13.3.